The minimum Gasteiger partial charge on any atom is -0.459 e. The van der Waals surface area contributed by atoms with E-state index in [1.54, 1.807) is 6.26 Å². The third kappa shape index (κ3) is 2.29. The van der Waals surface area contributed by atoms with Crippen molar-refractivity contribution in [2.45, 2.75) is 38.8 Å². The molecule has 0 saturated carbocycles. The number of likely N-dealkylation sites (tertiary alicyclic amines) is 1. The maximum Gasteiger partial charge on any atom is 0.290 e. The van der Waals surface area contributed by atoms with E-state index in [4.69, 9.17) is 4.42 Å². The Hall–Kier alpha value is -2.37. The predicted molar refractivity (Wildman–Crippen MR) is 85.4 cm³/mol. The van der Waals surface area contributed by atoms with Crippen LogP contribution in [0.3, 0.4) is 0 Å². The minimum atomic E-state index is 0.0110. The molecule has 120 valence electrons. The van der Waals surface area contributed by atoms with Crippen LogP contribution in [0, 0.1) is 13.8 Å². The van der Waals surface area contributed by atoms with Crippen LogP contribution in [-0.4, -0.2) is 46.2 Å². The molecule has 0 bridgehead atoms. The van der Waals surface area contributed by atoms with E-state index < -0.39 is 0 Å². The molecular weight excluding hydrogens is 292 g/mol. The second-order valence-corrected chi connectivity index (χ2v) is 6.37. The van der Waals surface area contributed by atoms with Gasteiger partial charge in [0.1, 0.15) is 0 Å². The normalized spacial score (nSPS) is 23.4. The summed E-state index contributed by atoms with van der Waals surface area (Å²) in [5, 5.41) is 8.47. The van der Waals surface area contributed by atoms with Crippen molar-refractivity contribution < 1.29 is 9.21 Å². The number of anilines is 1. The van der Waals surface area contributed by atoms with Crippen LogP contribution in [0.1, 0.15) is 34.7 Å². The molecule has 4 rings (SSSR count). The summed E-state index contributed by atoms with van der Waals surface area (Å²) in [6.07, 6.45) is 3.51. The molecule has 2 fully saturated rings. The fraction of sp³-hybridized carbons (Fsp3) is 0.471. The highest BCUT2D eigenvalue weighted by atomic mass is 16.3. The fourth-order valence-electron chi connectivity index (χ4n) is 3.79. The lowest BCUT2D eigenvalue weighted by molar-refractivity contribution is 0.0704. The van der Waals surface area contributed by atoms with Gasteiger partial charge in [0, 0.05) is 18.7 Å². The number of rotatable bonds is 2. The molecule has 2 aliphatic rings. The van der Waals surface area contributed by atoms with Gasteiger partial charge in [-0.3, -0.25) is 4.79 Å². The molecule has 0 radical (unpaired) electrons. The molecule has 0 spiro atoms. The highest BCUT2D eigenvalue weighted by Crippen LogP contribution is 2.35. The number of nitrogens with zero attached hydrogens (tertiary/aromatic N) is 4. The zero-order valence-corrected chi connectivity index (χ0v) is 13.4. The van der Waals surface area contributed by atoms with Crippen LogP contribution >= 0.6 is 0 Å². The number of hydrogen-bond acceptors (Lipinski definition) is 5. The lowest BCUT2D eigenvalue weighted by Gasteiger charge is -2.25. The van der Waals surface area contributed by atoms with Gasteiger partial charge in [-0.25, -0.2) is 0 Å². The molecule has 2 saturated heterocycles. The Kier molecular flexibility index (Phi) is 3.32. The first-order valence-electron chi connectivity index (χ1n) is 8.07. The van der Waals surface area contributed by atoms with Crippen LogP contribution in [0.2, 0.25) is 0 Å². The molecule has 23 heavy (non-hydrogen) atoms. The van der Waals surface area contributed by atoms with E-state index in [0.29, 0.717) is 11.8 Å². The average molecular weight is 312 g/mol. The standard InChI is InChI=1S/C17H20N4O2/c1-11-7-10-23-16(11)17(22)21-9-6-13-14(21)5-8-20(13)15-4-3-12(2)18-19-15/h3-4,7,10,13-14H,5-6,8-9H2,1-2H3/t13-,14+/m0/s1. The van der Waals surface area contributed by atoms with E-state index in [-0.39, 0.29) is 11.9 Å². The first-order chi connectivity index (χ1) is 11.1. The van der Waals surface area contributed by atoms with Gasteiger partial charge in [0.2, 0.25) is 0 Å². The van der Waals surface area contributed by atoms with Crippen LogP contribution in [0.25, 0.3) is 0 Å². The first kappa shape index (κ1) is 14.2. The number of carbonyl (C=O) groups excluding carboxylic acids is 1. The van der Waals surface area contributed by atoms with Crippen LogP contribution in [0.5, 0.6) is 0 Å². The zero-order valence-electron chi connectivity index (χ0n) is 13.4. The zero-order chi connectivity index (χ0) is 16.0. The highest BCUT2D eigenvalue weighted by Gasteiger charge is 2.45. The van der Waals surface area contributed by atoms with E-state index in [1.165, 1.54) is 0 Å². The summed E-state index contributed by atoms with van der Waals surface area (Å²) in [6.45, 7) is 5.52. The number of hydrogen-bond donors (Lipinski definition) is 0. The van der Waals surface area contributed by atoms with Gasteiger partial charge in [-0.1, -0.05) is 0 Å². The van der Waals surface area contributed by atoms with E-state index in [1.807, 2.05) is 36.9 Å². The molecular formula is C17H20N4O2. The SMILES string of the molecule is Cc1ccc(N2CC[C@@H]3[C@@H]2CCN3C(=O)c2occc2C)nn1. The Morgan fingerprint density at radius 3 is 2.65 bits per heavy atom. The largest absolute Gasteiger partial charge is 0.459 e. The van der Waals surface area contributed by atoms with Crippen molar-refractivity contribution in [2.24, 2.45) is 0 Å². The monoisotopic (exact) mass is 312 g/mol. The molecule has 2 atom stereocenters. The van der Waals surface area contributed by atoms with Gasteiger partial charge in [0.05, 0.1) is 24.0 Å². The van der Waals surface area contributed by atoms with Crippen molar-refractivity contribution in [1.82, 2.24) is 15.1 Å². The summed E-state index contributed by atoms with van der Waals surface area (Å²) in [4.78, 5) is 17.0. The van der Waals surface area contributed by atoms with Gasteiger partial charge >= 0.3 is 0 Å². The summed E-state index contributed by atoms with van der Waals surface area (Å²) >= 11 is 0. The van der Waals surface area contributed by atoms with Gasteiger partial charge in [-0.15, -0.1) is 5.10 Å². The number of fused-ring (bicyclic) bond motifs is 1. The van der Waals surface area contributed by atoms with Crippen LogP contribution in [0.4, 0.5) is 5.82 Å². The molecule has 4 heterocycles. The Balaban J connectivity index is 1.55. The van der Waals surface area contributed by atoms with Crippen molar-refractivity contribution in [3.05, 3.63) is 41.5 Å². The van der Waals surface area contributed by atoms with Crippen molar-refractivity contribution in [1.29, 1.82) is 0 Å². The van der Waals surface area contributed by atoms with Crippen LogP contribution in [0.15, 0.2) is 28.9 Å². The van der Waals surface area contributed by atoms with E-state index in [0.717, 1.165) is 43.0 Å². The van der Waals surface area contributed by atoms with E-state index >= 15 is 0 Å². The summed E-state index contributed by atoms with van der Waals surface area (Å²) in [6, 6.07) is 6.40. The molecule has 0 unspecified atom stereocenters. The molecule has 1 amide bonds. The van der Waals surface area contributed by atoms with Gasteiger partial charge in [0.15, 0.2) is 11.6 Å². The second-order valence-electron chi connectivity index (χ2n) is 6.37. The molecule has 2 aromatic rings. The van der Waals surface area contributed by atoms with Gasteiger partial charge in [-0.2, -0.15) is 5.10 Å². The maximum absolute atomic E-state index is 12.7. The van der Waals surface area contributed by atoms with Crippen molar-refractivity contribution in [2.75, 3.05) is 18.0 Å². The van der Waals surface area contributed by atoms with Crippen molar-refractivity contribution in [3.8, 4) is 0 Å². The number of carbonyl (C=O) groups is 1. The summed E-state index contributed by atoms with van der Waals surface area (Å²) in [5.41, 5.74) is 1.82. The number of furan rings is 1. The Bertz CT molecular complexity index is 724. The molecule has 6 heteroatoms. The molecule has 0 N–H and O–H groups in total. The quantitative estimate of drug-likeness (QED) is 0.850. The molecule has 2 aromatic heterocycles. The second kappa shape index (κ2) is 5.37. The molecule has 0 aliphatic carbocycles. The Morgan fingerprint density at radius 2 is 1.96 bits per heavy atom. The average Bonchev–Trinajstić information content (AvgIpc) is 3.23. The van der Waals surface area contributed by atoms with Crippen LogP contribution in [-0.2, 0) is 0 Å². The first-order valence-corrected chi connectivity index (χ1v) is 8.07. The molecule has 0 aromatic carbocycles. The number of aryl methyl sites for hydroxylation is 2. The minimum absolute atomic E-state index is 0.0110. The smallest absolute Gasteiger partial charge is 0.290 e. The third-order valence-corrected chi connectivity index (χ3v) is 4.97. The lowest BCUT2D eigenvalue weighted by Crippen LogP contribution is -2.40. The van der Waals surface area contributed by atoms with E-state index in [2.05, 4.69) is 15.1 Å². The summed E-state index contributed by atoms with van der Waals surface area (Å²) in [7, 11) is 0. The summed E-state index contributed by atoms with van der Waals surface area (Å²) in [5.74, 6) is 1.39. The fourth-order valence-corrected chi connectivity index (χ4v) is 3.79. The topological polar surface area (TPSA) is 62.5 Å². The molecule has 6 nitrogen and oxygen atoms in total. The Morgan fingerprint density at radius 1 is 1.13 bits per heavy atom. The van der Waals surface area contributed by atoms with Gasteiger partial charge in [-0.05, 0) is 44.9 Å². The van der Waals surface area contributed by atoms with Crippen molar-refractivity contribution >= 4 is 11.7 Å². The number of amides is 1. The van der Waals surface area contributed by atoms with Crippen LogP contribution < -0.4 is 4.90 Å². The van der Waals surface area contributed by atoms with E-state index in [9.17, 15) is 4.79 Å². The van der Waals surface area contributed by atoms with Crippen molar-refractivity contribution in [3.63, 3.8) is 0 Å². The van der Waals surface area contributed by atoms with Gasteiger partial charge in [0.25, 0.3) is 5.91 Å². The highest BCUT2D eigenvalue weighted by molar-refractivity contribution is 5.93. The Labute approximate surface area is 135 Å². The molecule has 2 aliphatic heterocycles. The maximum atomic E-state index is 12.7. The number of aromatic nitrogens is 2. The predicted octanol–water partition coefficient (Wildman–Crippen LogP) is 2.18. The van der Waals surface area contributed by atoms with Gasteiger partial charge < -0.3 is 14.2 Å². The lowest BCUT2D eigenvalue weighted by atomic mass is 10.1. The summed E-state index contributed by atoms with van der Waals surface area (Å²) < 4.78 is 5.38. The third-order valence-electron chi connectivity index (χ3n) is 4.97.